The molecule has 0 amide bonds. The van der Waals surface area contributed by atoms with Crippen molar-refractivity contribution in [2.24, 2.45) is 4.40 Å². The molecule has 1 aliphatic rings. The van der Waals surface area contributed by atoms with E-state index in [-0.39, 0.29) is 5.70 Å². The number of ether oxygens (including phenoxy) is 1. The van der Waals surface area contributed by atoms with Gasteiger partial charge in [0.15, 0.2) is 0 Å². The predicted octanol–water partition coefficient (Wildman–Crippen LogP) is 1.43. The smallest absolute Gasteiger partial charge is 0.353 e. The Hall–Kier alpha value is -1.38. The maximum atomic E-state index is 11.2. The molecule has 1 aromatic rings. The van der Waals surface area contributed by atoms with Gasteiger partial charge < -0.3 is 9.84 Å². The molecule has 0 bridgehead atoms. The minimum atomic E-state index is -0.984. The summed E-state index contributed by atoms with van der Waals surface area (Å²) in [5, 5.41) is 11.7. The molecule has 0 fully saturated rings. The van der Waals surface area contributed by atoms with E-state index in [1.165, 1.54) is 17.4 Å². The van der Waals surface area contributed by atoms with E-state index in [0.717, 1.165) is 12.1 Å². The third kappa shape index (κ3) is 2.89. The van der Waals surface area contributed by atoms with E-state index < -0.39 is 5.97 Å². The van der Waals surface area contributed by atoms with Crippen molar-refractivity contribution in [3.63, 3.8) is 0 Å². The first-order chi connectivity index (χ1) is 8.72. The summed E-state index contributed by atoms with van der Waals surface area (Å²) in [4.78, 5) is 15.3. The molecule has 0 atom stereocenters. The zero-order valence-electron chi connectivity index (χ0n) is 9.57. The molecule has 0 unspecified atom stereocenters. The third-order valence-corrected chi connectivity index (χ3v) is 3.80. The van der Waals surface area contributed by atoms with Crippen LogP contribution in [0.1, 0.15) is 5.01 Å². The van der Waals surface area contributed by atoms with Crippen LogP contribution in [0.25, 0.3) is 0 Å². The van der Waals surface area contributed by atoms with Gasteiger partial charge in [-0.05, 0) is 6.08 Å². The molecule has 1 aromatic heterocycles. The predicted molar refractivity (Wildman–Crippen MR) is 70.5 cm³/mol. The van der Waals surface area contributed by atoms with Gasteiger partial charge in [0.2, 0.25) is 0 Å². The largest absolute Gasteiger partial charge is 0.477 e. The van der Waals surface area contributed by atoms with E-state index in [4.69, 9.17) is 4.74 Å². The monoisotopic (exact) mass is 285 g/mol. The van der Waals surface area contributed by atoms with Crippen LogP contribution in [0.5, 0.6) is 0 Å². The van der Waals surface area contributed by atoms with Gasteiger partial charge in [-0.25, -0.2) is 9.78 Å². The number of hydrogen-bond acceptors (Lipinski definition) is 7. The van der Waals surface area contributed by atoms with E-state index in [1.807, 2.05) is 5.38 Å². The summed E-state index contributed by atoms with van der Waals surface area (Å²) in [5.41, 5.74) is 0.776. The average molecular weight is 285 g/mol. The van der Waals surface area contributed by atoms with E-state index in [2.05, 4.69) is 9.38 Å². The Balaban J connectivity index is 2.19. The molecule has 2 rings (SSSR count). The molecule has 18 heavy (non-hydrogen) atoms. The number of aromatic nitrogens is 1. The van der Waals surface area contributed by atoms with Crippen LogP contribution in [-0.2, 0) is 9.53 Å². The molecule has 6 nitrogen and oxygen atoms in total. The summed E-state index contributed by atoms with van der Waals surface area (Å²) >= 11 is 2.53. The SMILES string of the molecule is COCCN1SN=C(c2nccs2)C=C1C(=O)O. The van der Waals surface area contributed by atoms with E-state index >= 15 is 0 Å². The second kappa shape index (κ2) is 5.98. The minimum absolute atomic E-state index is 0.192. The first kappa shape index (κ1) is 13.1. The van der Waals surface area contributed by atoms with Gasteiger partial charge in [0.1, 0.15) is 16.4 Å². The molecule has 0 radical (unpaired) electrons. The Kier molecular flexibility index (Phi) is 4.34. The molecular weight excluding hydrogens is 274 g/mol. The van der Waals surface area contributed by atoms with Crippen LogP contribution >= 0.6 is 23.5 Å². The number of carboxylic acids is 1. The summed E-state index contributed by atoms with van der Waals surface area (Å²) in [6, 6.07) is 0. The second-order valence-corrected chi connectivity index (χ2v) is 5.01. The van der Waals surface area contributed by atoms with Crippen LogP contribution in [0.2, 0.25) is 0 Å². The molecule has 2 heterocycles. The number of carboxylic acid groups (broad SMARTS) is 1. The molecule has 0 aliphatic carbocycles. The van der Waals surface area contributed by atoms with Crippen molar-refractivity contribution >= 4 is 35.2 Å². The van der Waals surface area contributed by atoms with Crippen LogP contribution in [0.4, 0.5) is 0 Å². The van der Waals surface area contributed by atoms with Gasteiger partial charge in [-0.2, -0.15) is 4.40 Å². The number of hydrogen-bond donors (Lipinski definition) is 1. The van der Waals surface area contributed by atoms with E-state index in [0.29, 0.717) is 23.9 Å². The first-order valence-electron chi connectivity index (χ1n) is 5.09. The highest BCUT2D eigenvalue weighted by Gasteiger charge is 2.23. The topological polar surface area (TPSA) is 75.0 Å². The number of nitrogens with zero attached hydrogens (tertiary/aromatic N) is 3. The highest BCUT2D eigenvalue weighted by atomic mass is 32.2. The van der Waals surface area contributed by atoms with Crippen molar-refractivity contribution in [1.29, 1.82) is 0 Å². The number of thiazole rings is 1. The number of methoxy groups -OCH3 is 1. The van der Waals surface area contributed by atoms with Crippen molar-refractivity contribution < 1.29 is 14.6 Å². The Morgan fingerprint density at radius 1 is 1.61 bits per heavy atom. The molecule has 0 aromatic carbocycles. The Labute approximate surface area is 112 Å². The Morgan fingerprint density at radius 3 is 3.06 bits per heavy atom. The van der Waals surface area contributed by atoms with Crippen molar-refractivity contribution in [3.05, 3.63) is 28.4 Å². The molecule has 8 heteroatoms. The number of aliphatic carboxylic acids is 1. The zero-order valence-corrected chi connectivity index (χ0v) is 11.2. The zero-order chi connectivity index (χ0) is 13.0. The van der Waals surface area contributed by atoms with Crippen LogP contribution in [-0.4, -0.2) is 46.3 Å². The fourth-order valence-corrected chi connectivity index (χ4v) is 2.68. The van der Waals surface area contributed by atoms with Crippen LogP contribution < -0.4 is 0 Å². The second-order valence-electron chi connectivity index (χ2n) is 3.33. The van der Waals surface area contributed by atoms with Crippen LogP contribution in [0.3, 0.4) is 0 Å². The lowest BCUT2D eigenvalue weighted by atomic mass is 10.3. The fourth-order valence-electron chi connectivity index (χ4n) is 1.32. The lowest BCUT2D eigenvalue weighted by Crippen LogP contribution is -2.27. The minimum Gasteiger partial charge on any atom is -0.477 e. The third-order valence-electron chi connectivity index (χ3n) is 2.15. The number of carbonyl (C=O) groups is 1. The molecule has 96 valence electrons. The molecule has 0 saturated carbocycles. The molecule has 1 aliphatic heterocycles. The Morgan fingerprint density at radius 2 is 2.44 bits per heavy atom. The number of rotatable bonds is 5. The average Bonchev–Trinajstić information content (AvgIpc) is 2.90. The van der Waals surface area contributed by atoms with Gasteiger partial charge in [0, 0.05) is 18.7 Å². The van der Waals surface area contributed by atoms with Crippen LogP contribution in [0, 0.1) is 0 Å². The summed E-state index contributed by atoms with van der Waals surface area (Å²) in [6.07, 6.45) is 3.20. The van der Waals surface area contributed by atoms with E-state index in [1.54, 1.807) is 17.6 Å². The summed E-state index contributed by atoms with van der Waals surface area (Å²) in [5.74, 6) is -0.984. The maximum absolute atomic E-state index is 11.2. The normalized spacial score (nSPS) is 15.3. The Bertz CT molecular complexity index is 485. The maximum Gasteiger partial charge on any atom is 0.353 e. The van der Waals surface area contributed by atoms with Crippen LogP contribution in [0.15, 0.2) is 27.7 Å². The molecule has 0 saturated heterocycles. The van der Waals surface area contributed by atoms with Crippen molar-refractivity contribution in [2.45, 2.75) is 0 Å². The number of allylic oxidation sites excluding steroid dienone is 1. The van der Waals surface area contributed by atoms with Gasteiger partial charge in [0.05, 0.1) is 25.3 Å². The summed E-state index contributed by atoms with van der Waals surface area (Å²) in [6.45, 7) is 0.910. The van der Waals surface area contributed by atoms with Crippen molar-refractivity contribution in [3.8, 4) is 0 Å². The van der Waals surface area contributed by atoms with Gasteiger partial charge in [-0.1, -0.05) is 0 Å². The highest BCUT2D eigenvalue weighted by molar-refractivity contribution is 7.96. The highest BCUT2D eigenvalue weighted by Crippen LogP contribution is 2.26. The standard InChI is InChI=1S/C10H11N3O3S2/c1-16-4-3-13-8(10(14)15)6-7(12-18-13)9-11-2-5-17-9/h2,5-6H,3-4H2,1H3,(H,14,15). The summed E-state index contributed by atoms with van der Waals surface area (Å²) in [7, 11) is 1.57. The molecule has 1 N–H and O–H groups in total. The lowest BCUT2D eigenvalue weighted by Gasteiger charge is -2.23. The molecular formula is C10H11N3O3S2. The van der Waals surface area contributed by atoms with Gasteiger partial charge in [-0.3, -0.25) is 4.31 Å². The quantitative estimate of drug-likeness (QED) is 0.825. The lowest BCUT2D eigenvalue weighted by molar-refractivity contribution is -0.133. The van der Waals surface area contributed by atoms with Crippen molar-refractivity contribution in [2.75, 3.05) is 20.3 Å². The fraction of sp³-hybridized carbons (Fsp3) is 0.300. The summed E-state index contributed by atoms with van der Waals surface area (Å²) < 4.78 is 10.8. The van der Waals surface area contributed by atoms with Gasteiger partial charge >= 0.3 is 5.97 Å². The van der Waals surface area contributed by atoms with Gasteiger partial charge in [-0.15, -0.1) is 11.3 Å². The van der Waals surface area contributed by atoms with Crippen molar-refractivity contribution in [1.82, 2.24) is 9.29 Å². The first-order valence-corrected chi connectivity index (χ1v) is 6.70. The van der Waals surface area contributed by atoms with E-state index in [9.17, 15) is 9.90 Å². The van der Waals surface area contributed by atoms with Gasteiger partial charge in [0.25, 0.3) is 0 Å². The molecule has 0 spiro atoms.